The van der Waals surface area contributed by atoms with E-state index in [2.05, 4.69) is 9.47 Å². The molecule has 0 fully saturated rings. The van der Waals surface area contributed by atoms with Crippen LogP contribution in [0.15, 0.2) is 36.4 Å². The topological polar surface area (TPSA) is 59.3 Å². The van der Waals surface area contributed by atoms with Gasteiger partial charge in [-0.3, -0.25) is 0 Å². The van der Waals surface area contributed by atoms with Gasteiger partial charge in [-0.1, -0.05) is 36.4 Å². The van der Waals surface area contributed by atoms with Gasteiger partial charge in [0.1, 0.15) is 6.07 Å². The molecular formula is C12H11NO3. The average molecular weight is 217 g/mol. The predicted octanol–water partition coefficient (Wildman–Crippen LogP) is 2.37. The van der Waals surface area contributed by atoms with Crippen molar-refractivity contribution in [1.29, 1.82) is 5.26 Å². The standard InChI is InChI=1S/C12H11NO3/c1-15-12(14)16-11(9-13)8-7-10-5-3-2-4-6-10/h2-8,11H,1H3/b8-7+/t11-/m1/s1. The molecule has 0 aliphatic rings. The number of hydrogen-bond acceptors (Lipinski definition) is 4. The molecule has 82 valence electrons. The molecule has 4 heteroatoms. The third-order valence-electron chi connectivity index (χ3n) is 1.78. The van der Waals surface area contributed by atoms with Gasteiger partial charge in [-0.15, -0.1) is 0 Å². The van der Waals surface area contributed by atoms with E-state index in [1.54, 1.807) is 6.08 Å². The molecule has 1 aromatic carbocycles. The Morgan fingerprint density at radius 2 is 2.12 bits per heavy atom. The SMILES string of the molecule is COC(=O)O[C@@H](C#N)/C=C/c1ccccc1. The minimum Gasteiger partial charge on any atom is -0.438 e. The lowest BCUT2D eigenvalue weighted by atomic mass is 10.2. The highest BCUT2D eigenvalue weighted by molar-refractivity contribution is 5.61. The summed E-state index contributed by atoms with van der Waals surface area (Å²) in [4.78, 5) is 10.8. The minimum absolute atomic E-state index is 0.871. The highest BCUT2D eigenvalue weighted by Gasteiger charge is 2.09. The van der Waals surface area contributed by atoms with Crippen molar-refractivity contribution in [3.8, 4) is 6.07 Å². The lowest BCUT2D eigenvalue weighted by Crippen LogP contribution is -2.13. The number of hydrogen-bond donors (Lipinski definition) is 0. The number of carbonyl (C=O) groups excluding carboxylic acids is 1. The summed E-state index contributed by atoms with van der Waals surface area (Å²) in [5.41, 5.74) is 0.927. The Morgan fingerprint density at radius 1 is 1.44 bits per heavy atom. The van der Waals surface area contributed by atoms with E-state index in [9.17, 15) is 4.79 Å². The molecule has 4 nitrogen and oxygen atoms in total. The lowest BCUT2D eigenvalue weighted by molar-refractivity contribution is 0.0669. The van der Waals surface area contributed by atoms with E-state index < -0.39 is 12.3 Å². The van der Waals surface area contributed by atoms with Crippen LogP contribution < -0.4 is 0 Å². The van der Waals surface area contributed by atoms with Gasteiger partial charge in [0.05, 0.1) is 7.11 Å². The minimum atomic E-state index is -0.937. The van der Waals surface area contributed by atoms with Gasteiger partial charge in [-0.2, -0.15) is 5.26 Å². The second-order valence-electron chi connectivity index (χ2n) is 2.89. The molecule has 16 heavy (non-hydrogen) atoms. The van der Waals surface area contributed by atoms with Gasteiger partial charge < -0.3 is 9.47 Å². The van der Waals surface area contributed by atoms with Crippen LogP contribution in [-0.4, -0.2) is 19.4 Å². The maximum Gasteiger partial charge on any atom is 0.509 e. The van der Waals surface area contributed by atoms with E-state index in [0.717, 1.165) is 5.56 Å². The number of carbonyl (C=O) groups is 1. The Balaban J connectivity index is 2.61. The number of benzene rings is 1. The van der Waals surface area contributed by atoms with E-state index in [0.29, 0.717) is 0 Å². The second kappa shape index (κ2) is 6.25. The fourth-order valence-electron chi connectivity index (χ4n) is 1.02. The van der Waals surface area contributed by atoms with Gasteiger partial charge in [-0.25, -0.2) is 4.79 Å². The number of nitriles is 1. The van der Waals surface area contributed by atoms with Crippen LogP contribution in [0.4, 0.5) is 4.79 Å². The van der Waals surface area contributed by atoms with Crippen molar-refractivity contribution in [3.05, 3.63) is 42.0 Å². The van der Waals surface area contributed by atoms with Crippen LogP contribution in [0.1, 0.15) is 5.56 Å². The monoisotopic (exact) mass is 217 g/mol. The quantitative estimate of drug-likeness (QED) is 0.729. The van der Waals surface area contributed by atoms with E-state index in [1.807, 2.05) is 36.4 Å². The van der Waals surface area contributed by atoms with Gasteiger partial charge in [0.2, 0.25) is 6.10 Å². The molecule has 0 saturated carbocycles. The van der Waals surface area contributed by atoms with E-state index in [-0.39, 0.29) is 0 Å². The van der Waals surface area contributed by atoms with Crippen LogP contribution in [0.25, 0.3) is 6.08 Å². The smallest absolute Gasteiger partial charge is 0.438 e. The normalized spacial score (nSPS) is 11.8. The molecule has 0 radical (unpaired) electrons. The molecule has 0 spiro atoms. The van der Waals surface area contributed by atoms with Crippen LogP contribution in [0.5, 0.6) is 0 Å². The Labute approximate surface area is 93.7 Å². The van der Waals surface area contributed by atoms with Crippen molar-refractivity contribution in [2.75, 3.05) is 7.11 Å². The summed E-state index contributed by atoms with van der Waals surface area (Å²) in [5.74, 6) is 0. The molecule has 0 aliphatic heterocycles. The van der Waals surface area contributed by atoms with Crippen molar-refractivity contribution in [3.63, 3.8) is 0 Å². The molecule has 0 saturated heterocycles. The van der Waals surface area contributed by atoms with Crippen molar-refractivity contribution in [1.82, 2.24) is 0 Å². The van der Waals surface area contributed by atoms with Crippen LogP contribution in [-0.2, 0) is 9.47 Å². The van der Waals surface area contributed by atoms with Crippen molar-refractivity contribution in [2.45, 2.75) is 6.10 Å². The van der Waals surface area contributed by atoms with Gasteiger partial charge in [0.15, 0.2) is 0 Å². The summed E-state index contributed by atoms with van der Waals surface area (Å²) in [7, 11) is 1.19. The highest BCUT2D eigenvalue weighted by atomic mass is 16.7. The zero-order valence-corrected chi connectivity index (χ0v) is 8.79. The number of methoxy groups -OCH3 is 1. The van der Waals surface area contributed by atoms with Gasteiger partial charge in [-0.05, 0) is 11.6 Å². The van der Waals surface area contributed by atoms with Crippen molar-refractivity contribution in [2.24, 2.45) is 0 Å². The van der Waals surface area contributed by atoms with Crippen LogP contribution in [0.2, 0.25) is 0 Å². The number of ether oxygens (including phenoxy) is 2. The largest absolute Gasteiger partial charge is 0.509 e. The van der Waals surface area contributed by atoms with E-state index >= 15 is 0 Å². The Kier molecular flexibility index (Phi) is 4.61. The Morgan fingerprint density at radius 3 is 2.69 bits per heavy atom. The second-order valence-corrected chi connectivity index (χ2v) is 2.89. The molecule has 1 atom stereocenters. The fraction of sp³-hybridized carbons (Fsp3) is 0.167. The molecule has 1 rings (SSSR count). The third-order valence-corrected chi connectivity index (χ3v) is 1.78. The van der Waals surface area contributed by atoms with Crippen molar-refractivity contribution < 1.29 is 14.3 Å². The molecule has 0 bridgehead atoms. The average Bonchev–Trinajstić information content (AvgIpc) is 2.35. The molecule has 0 aliphatic carbocycles. The summed E-state index contributed by atoms with van der Waals surface area (Å²) >= 11 is 0. The molecular weight excluding hydrogens is 206 g/mol. The number of rotatable bonds is 3. The summed E-state index contributed by atoms with van der Waals surface area (Å²) in [6.07, 6.45) is 1.39. The molecule has 0 unspecified atom stereocenters. The van der Waals surface area contributed by atoms with Crippen LogP contribution in [0.3, 0.4) is 0 Å². The third kappa shape index (κ3) is 3.84. The first-order valence-electron chi connectivity index (χ1n) is 4.63. The molecule has 0 N–H and O–H groups in total. The first-order valence-corrected chi connectivity index (χ1v) is 4.63. The summed E-state index contributed by atoms with van der Waals surface area (Å²) in [6, 6.07) is 11.2. The first kappa shape index (κ1) is 11.8. The van der Waals surface area contributed by atoms with E-state index in [4.69, 9.17) is 5.26 Å². The molecule has 1 aromatic rings. The summed E-state index contributed by atoms with van der Waals surface area (Å²) in [6.45, 7) is 0. The number of nitrogens with zero attached hydrogens (tertiary/aromatic N) is 1. The summed E-state index contributed by atoms with van der Waals surface area (Å²) < 4.78 is 8.95. The van der Waals surface area contributed by atoms with Crippen LogP contribution >= 0.6 is 0 Å². The fourth-order valence-corrected chi connectivity index (χ4v) is 1.02. The maximum atomic E-state index is 10.8. The molecule has 0 amide bonds. The summed E-state index contributed by atoms with van der Waals surface area (Å²) in [5, 5.41) is 8.71. The van der Waals surface area contributed by atoms with E-state index in [1.165, 1.54) is 13.2 Å². The first-order chi connectivity index (χ1) is 7.76. The van der Waals surface area contributed by atoms with Gasteiger partial charge in [0, 0.05) is 0 Å². The highest BCUT2D eigenvalue weighted by Crippen LogP contribution is 2.04. The predicted molar refractivity (Wildman–Crippen MR) is 58.4 cm³/mol. The zero-order chi connectivity index (χ0) is 11.8. The van der Waals surface area contributed by atoms with Crippen molar-refractivity contribution >= 4 is 12.2 Å². The molecule has 0 aromatic heterocycles. The van der Waals surface area contributed by atoms with Gasteiger partial charge in [0.25, 0.3) is 0 Å². The molecule has 0 heterocycles. The lowest BCUT2D eigenvalue weighted by Gasteiger charge is -2.04. The van der Waals surface area contributed by atoms with Crippen LogP contribution in [0, 0.1) is 11.3 Å². The Hall–Kier alpha value is -2.28. The maximum absolute atomic E-state index is 10.8. The zero-order valence-electron chi connectivity index (χ0n) is 8.79. The Bertz CT molecular complexity index is 406. The van der Waals surface area contributed by atoms with Gasteiger partial charge >= 0.3 is 6.16 Å².